The van der Waals surface area contributed by atoms with Crippen molar-refractivity contribution in [2.75, 3.05) is 84.3 Å². The summed E-state index contributed by atoms with van der Waals surface area (Å²) in [6.45, 7) is 17.1. The zero-order chi connectivity index (χ0) is 106. The molecule has 0 saturated heterocycles. The fraction of sp³-hybridized carbons (Fsp3) is 0.514. The number of carboxylic acid groups (broad SMARTS) is 4. The molecule has 39 heteroatoms. The van der Waals surface area contributed by atoms with Gasteiger partial charge in [-0.2, -0.15) is 0 Å². The molecule has 0 bridgehead atoms. The van der Waals surface area contributed by atoms with Crippen LogP contribution < -0.4 is 21.3 Å². The number of benzene rings is 5. The number of aryl methyl sites for hydroxylation is 3. The van der Waals surface area contributed by atoms with Crippen LogP contribution in [-0.4, -0.2) is 258 Å². The van der Waals surface area contributed by atoms with Crippen LogP contribution in [0.2, 0.25) is 0 Å². The van der Waals surface area contributed by atoms with Gasteiger partial charge in [0.05, 0.1) is 120 Å². The van der Waals surface area contributed by atoms with E-state index >= 15 is 0 Å². The lowest BCUT2D eigenvalue weighted by Crippen LogP contribution is -2.46. The number of thioether (sulfide) groups is 8. The number of nitrogens with zero attached hydrogens (tertiary/aromatic N) is 3. The Bertz CT molecular complexity index is 5340. The van der Waals surface area contributed by atoms with Gasteiger partial charge < -0.3 is 72.3 Å². The molecule has 11 aliphatic rings. The number of aliphatic hydroxyl groups is 6. The molecule has 31 nitrogen and oxygen atoms in total. The maximum Gasteiger partial charge on any atom is 0.343 e. The van der Waals surface area contributed by atoms with Gasteiger partial charge in [0.25, 0.3) is 41.4 Å². The number of amides is 10. The molecule has 10 amide bonds. The molecule has 10 unspecified atom stereocenters. The highest BCUT2D eigenvalue weighted by Gasteiger charge is 2.50. The first-order chi connectivity index (χ1) is 69.9. The molecule has 4 saturated carbocycles. The van der Waals surface area contributed by atoms with Crippen LogP contribution in [0.15, 0.2) is 173 Å². The normalized spacial score (nSPS) is 23.6. The average Bonchev–Trinajstić information content (AvgIpc) is 1.62. The number of hydrogen-bond acceptors (Lipinski definition) is 28. The standard InChI is InChI=1S/C16H19NO5S2.C16H17NO4S2.2C16H17NO3S2.C16H21NO3.C15H25NO3.C12H21NO3/c1-9-2-4-10(5-3-9)12(19)11(8-18)17-15(20)13-14(16(21)22)24-7-6-23-13;1-9-2-4-10(5-3-9)12(19)11(8-18)17-15(20)13-14(16(17)21)23-7-6-22-13;2*1-10(11-5-3-2-4-6-11)12(9-18)17-15(19)13-14(16(17)20)22-8-7-21-13;1-10-4-3-5-12(8-10)17-15(18)13-7-6-11(2)9-14(13)16(19)20;1-10-7-8-12(13(9-10)15(18)19)14(17)16-11-5-3-2-4-6-11;1-3-6-13-11(14)9-5-4-8(2)7-10(9)12(15)16/h2-5,11-12,18-19H,6-8H2,1H3,(H,17,20)(H,21,22);2-5,11-12,18-19H,6-8H2,1H3;2*2-6,10,12,18H,7-9H2,1H3;3-5,8,11,13-14H,6-7,9H2,1-2H3,(H,17,18)(H,19,20);10-13H,2-9H2,1H3,(H,16,17)(H,18,19);8-10H,3-7H2,1-2H3,(H,13,14)(H,15,16)/t2*11-,12-;10-,12?;10-,12-;;;/m0010.../s1. The number of imide groups is 3. The minimum absolute atomic E-state index is 0.00488. The molecule has 0 aromatic heterocycles. The number of carbonyl (C=O) groups excluding carboxylic acids is 10. The summed E-state index contributed by atoms with van der Waals surface area (Å²) in [6, 6.07) is 38.5. The molecule has 146 heavy (non-hydrogen) atoms. The van der Waals surface area contributed by atoms with E-state index in [1.807, 2.05) is 158 Å². The average molecular weight is 2160 g/mol. The Morgan fingerprint density at radius 1 is 0.377 bits per heavy atom. The minimum Gasteiger partial charge on any atom is -0.481 e. The Labute approximate surface area is 887 Å². The largest absolute Gasteiger partial charge is 0.481 e. The monoisotopic (exact) mass is 2160 g/mol. The lowest BCUT2D eigenvalue weighted by molar-refractivity contribution is -0.150. The van der Waals surface area contributed by atoms with Gasteiger partial charge >= 0.3 is 23.9 Å². The molecular weight excluding hydrogens is 2020 g/mol. The first-order valence-corrected chi connectivity index (χ1v) is 57.6. The summed E-state index contributed by atoms with van der Waals surface area (Å²) >= 11 is 10.8. The molecule has 14 N–H and O–H groups in total. The van der Waals surface area contributed by atoms with E-state index in [0.717, 1.165) is 130 Å². The number of aliphatic carboxylic acids is 4. The summed E-state index contributed by atoms with van der Waals surface area (Å²) < 4.78 is 0. The van der Waals surface area contributed by atoms with Crippen LogP contribution in [0.4, 0.5) is 5.69 Å². The van der Waals surface area contributed by atoms with E-state index in [1.54, 1.807) is 24.3 Å². The number of carboxylic acids is 4. The molecule has 0 spiro atoms. The maximum absolute atomic E-state index is 12.6. The Balaban J connectivity index is 0.000000175. The van der Waals surface area contributed by atoms with Crippen molar-refractivity contribution in [3.05, 3.63) is 212 Å². The van der Waals surface area contributed by atoms with Gasteiger partial charge in [0.1, 0.15) is 17.1 Å². The number of hydrogen-bond donors (Lipinski definition) is 14. The zero-order valence-electron chi connectivity index (χ0n) is 83.7. The van der Waals surface area contributed by atoms with Crippen molar-refractivity contribution >= 4 is 183 Å². The summed E-state index contributed by atoms with van der Waals surface area (Å²) in [6.07, 6.45) is 11.1. The fourth-order valence-electron chi connectivity index (χ4n) is 19.2. The summed E-state index contributed by atoms with van der Waals surface area (Å²) in [5.41, 5.74) is 7.02. The van der Waals surface area contributed by atoms with E-state index in [4.69, 9.17) is 5.11 Å². The highest BCUT2D eigenvalue weighted by atomic mass is 32.2. The van der Waals surface area contributed by atoms with Crippen molar-refractivity contribution in [3.63, 3.8) is 0 Å². The molecule has 4 fully saturated rings. The van der Waals surface area contributed by atoms with Crippen molar-refractivity contribution in [2.45, 2.75) is 213 Å². The van der Waals surface area contributed by atoms with Crippen molar-refractivity contribution in [2.24, 2.45) is 53.3 Å². The highest BCUT2D eigenvalue weighted by molar-refractivity contribution is 8.12. The molecule has 7 heterocycles. The number of aliphatic hydroxyl groups excluding tert-OH is 6. The van der Waals surface area contributed by atoms with Gasteiger partial charge in [-0.3, -0.25) is 77.0 Å². The number of rotatable bonds is 28. The van der Waals surface area contributed by atoms with Gasteiger partial charge in [-0.1, -0.05) is 193 Å². The Hall–Kier alpha value is -9.20. The lowest BCUT2D eigenvalue weighted by atomic mass is 9.74. The SMILES string of the molecule is CC1CCC(C(=O)NC2CCCCC2)C(C(=O)O)C1.CCCNC(=O)C1CCC(C)CC1C(=O)O.C[C@@H](c1ccccc1)[C@H](CO)N1C(=O)C2=C(SCCS2)C1=O.C[C@H](c1ccccc1)C(CO)N1C(=O)C2=C(SCCS2)C1=O.Cc1ccc([C@H](O)[C@H](CO)N2C(=O)C3=C(SCCS3)C2=O)cc1.Cc1ccc([C@H](O)[C@H](CO)NC(=O)C2=C(C(=O)O)SCCS2)cc1.Cc1cccc(NC(=O)C2CCC(C)CC2C(=O)O)c1. The van der Waals surface area contributed by atoms with E-state index in [2.05, 4.69) is 35.1 Å². The molecule has 5 aromatic carbocycles. The molecule has 5 aromatic rings. The Morgan fingerprint density at radius 2 is 0.733 bits per heavy atom. The topological polar surface area (TPSA) is 499 Å². The fourth-order valence-corrected chi connectivity index (χ4v) is 28.3. The second-order valence-electron chi connectivity index (χ2n) is 38.2. The van der Waals surface area contributed by atoms with E-state index in [0.29, 0.717) is 108 Å². The van der Waals surface area contributed by atoms with E-state index in [1.165, 1.54) is 111 Å². The predicted octanol–water partition coefficient (Wildman–Crippen LogP) is 14.4. The van der Waals surface area contributed by atoms with Crippen LogP contribution in [-0.2, 0) is 67.1 Å². The van der Waals surface area contributed by atoms with Crippen molar-refractivity contribution < 1.29 is 118 Å². The van der Waals surface area contributed by atoms with Gasteiger partial charge in [0.15, 0.2) is 0 Å². The lowest BCUT2D eigenvalue weighted by Gasteiger charge is -2.33. The zero-order valence-corrected chi connectivity index (χ0v) is 90.2. The van der Waals surface area contributed by atoms with Crippen LogP contribution >= 0.6 is 94.1 Å². The second-order valence-corrected chi connectivity index (χ2v) is 47.0. The van der Waals surface area contributed by atoms with Gasteiger partial charge in [-0.15, -0.1) is 94.1 Å². The molecule has 16 rings (SSSR count). The third-order valence-corrected chi connectivity index (χ3v) is 37.7. The molecular formula is C107H137N7O24S8. The number of anilines is 1. The van der Waals surface area contributed by atoms with Gasteiger partial charge in [0.2, 0.25) is 17.7 Å². The van der Waals surface area contributed by atoms with Crippen LogP contribution in [0.25, 0.3) is 0 Å². The molecule has 17 atom stereocenters. The molecule has 0 radical (unpaired) electrons. The summed E-state index contributed by atoms with van der Waals surface area (Å²) in [7, 11) is 0. The first-order valence-electron chi connectivity index (χ1n) is 49.7. The quantitative estimate of drug-likeness (QED) is 0.0207. The van der Waals surface area contributed by atoms with Crippen molar-refractivity contribution in [3.8, 4) is 0 Å². The molecule has 4 aliphatic carbocycles. The Morgan fingerprint density at radius 3 is 1.09 bits per heavy atom. The third kappa shape index (κ3) is 31.7. The van der Waals surface area contributed by atoms with Gasteiger partial charge in [-0.25, -0.2) is 4.79 Å². The summed E-state index contributed by atoms with van der Waals surface area (Å²) in [4.78, 5) is 176. The molecule has 792 valence electrons. The third-order valence-electron chi connectivity index (χ3n) is 27.6. The maximum atomic E-state index is 12.6. The van der Waals surface area contributed by atoms with Gasteiger partial charge in [-0.05, 0) is 156 Å². The van der Waals surface area contributed by atoms with E-state index < -0.39 is 115 Å². The highest BCUT2D eigenvalue weighted by Crippen LogP contribution is 2.48. The van der Waals surface area contributed by atoms with Crippen molar-refractivity contribution in [1.29, 1.82) is 0 Å². The summed E-state index contributed by atoms with van der Waals surface area (Å²) in [5, 5.41) is 108. The van der Waals surface area contributed by atoms with Crippen LogP contribution in [0.5, 0.6) is 0 Å². The van der Waals surface area contributed by atoms with Crippen LogP contribution in [0, 0.1) is 74.0 Å². The van der Waals surface area contributed by atoms with Gasteiger partial charge in [0, 0.05) is 76.1 Å². The van der Waals surface area contributed by atoms with Crippen molar-refractivity contribution in [1.82, 2.24) is 30.7 Å². The predicted molar refractivity (Wildman–Crippen MR) is 576 cm³/mol. The van der Waals surface area contributed by atoms with E-state index in [-0.39, 0.29) is 94.1 Å². The second kappa shape index (κ2) is 58.3. The minimum atomic E-state index is -1.14. The van der Waals surface area contributed by atoms with Crippen LogP contribution in [0.3, 0.4) is 0 Å². The summed E-state index contributed by atoms with van der Waals surface area (Å²) in [5.74, 6) is -1.82. The first kappa shape index (κ1) is 119. The number of nitrogens with one attached hydrogen (secondary N) is 4. The smallest absolute Gasteiger partial charge is 0.343 e. The Kier molecular flexibility index (Phi) is 47.4. The van der Waals surface area contributed by atoms with Crippen LogP contribution in [0.1, 0.15) is 201 Å². The number of carbonyl (C=O) groups is 14. The van der Waals surface area contributed by atoms with E-state index in [9.17, 15) is 113 Å². The molecule has 7 aliphatic heterocycles.